The van der Waals surface area contributed by atoms with Crippen LogP contribution in [0.1, 0.15) is 45.6 Å². The second-order valence-electron chi connectivity index (χ2n) is 5.23. The zero-order valence-electron chi connectivity index (χ0n) is 12.0. The molecule has 0 atom stereocenters. The Morgan fingerprint density at radius 3 is 2.78 bits per heavy atom. The second kappa shape index (κ2) is 8.98. The van der Waals surface area contributed by atoms with Crippen LogP contribution in [-0.2, 0) is 6.54 Å². The van der Waals surface area contributed by atoms with Crippen LogP contribution < -0.4 is 10.1 Å². The summed E-state index contributed by atoms with van der Waals surface area (Å²) in [5.74, 6) is 1.69. The average Bonchev–Trinajstić information content (AvgIpc) is 2.35. The molecule has 0 spiro atoms. The van der Waals surface area contributed by atoms with Crippen molar-refractivity contribution in [3.63, 3.8) is 0 Å². The monoisotopic (exact) mass is 249 g/mol. The van der Waals surface area contributed by atoms with Gasteiger partial charge in [-0.2, -0.15) is 0 Å². The van der Waals surface area contributed by atoms with E-state index in [1.54, 1.807) is 0 Å². The van der Waals surface area contributed by atoms with Crippen LogP contribution in [-0.4, -0.2) is 13.2 Å². The third-order valence-corrected chi connectivity index (χ3v) is 2.80. The molecule has 1 aromatic rings. The van der Waals surface area contributed by atoms with Crippen LogP contribution in [0.3, 0.4) is 0 Å². The minimum atomic E-state index is 0.693. The molecule has 0 unspecified atom stereocenters. The van der Waals surface area contributed by atoms with Crippen LogP contribution in [0.2, 0.25) is 0 Å². The van der Waals surface area contributed by atoms with Gasteiger partial charge in [-0.3, -0.25) is 0 Å². The molecule has 1 rings (SSSR count). The lowest BCUT2D eigenvalue weighted by atomic mass is 10.2. The first kappa shape index (κ1) is 15.0. The third kappa shape index (κ3) is 6.65. The lowest BCUT2D eigenvalue weighted by Crippen LogP contribution is -2.18. The lowest BCUT2D eigenvalue weighted by Gasteiger charge is -2.10. The van der Waals surface area contributed by atoms with Crippen LogP contribution >= 0.6 is 0 Å². The van der Waals surface area contributed by atoms with Crippen LogP contribution in [0.25, 0.3) is 0 Å². The number of ether oxygens (including phenoxy) is 1. The SMILES string of the molecule is CCCCCOc1cccc(CNCC(C)C)c1. The topological polar surface area (TPSA) is 21.3 Å². The zero-order valence-corrected chi connectivity index (χ0v) is 12.0. The molecule has 2 nitrogen and oxygen atoms in total. The van der Waals surface area contributed by atoms with Gasteiger partial charge in [0.05, 0.1) is 6.61 Å². The molecule has 0 aliphatic heterocycles. The highest BCUT2D eigenvalue weighted by atomic mass is 16.5. The molecule has 102 valence electrons. The van der Waals surface area contributed by atoms with Crippen molar-refractivity contribution < 1.29 is 4.74 Å². The Morgan fingerprint density at radius 2 is 2.06 bits per heavy atom. The fraction of sp³-hybridized carbons (Fsp3) is 0.625. The molecule has 0 aliphatic rings. The van der Waals surface area contributed by atoms with Gasteiger partial charge >= 0.3 is 0 Å². The number of hydrogen-bond donors (Lipinski definition) is 1. The van der Waals surface area contributed by atoms with Crippen molar-refractivity contribution in [2.75, 3.05) is 13.2 Å². The molecular weight excluding hydrogens is 222 g/mol. The van der Waals surface area contributed by atoms with Crippen LogP contribution in [0.5, 0.6) is 5.75 Å². The van der Waals surface area contributed by atoms with Crippen LogP contribution in [0, 0.1) is 5.92 Å². The maximum atomic E-state index is 5.75. The molecule has 1 aromatic carbocycles. The fourth-order valence-corrected chi connectivity index (χ4v) is 1.79. The van der Waals surface area contributed by atoms with E-state index in [1.807, 2.05) is 6.07 Å². The molecule has 2 heteroatoms. The Bertz CT molecular complexity index is 323. The van der Waals surface area contributed by atoms with Crippen molar-refractivity contribution >= 4 is 0 Å². The van der Waals surface area contributed by atoms with Gasteiger partial charge < -0.3 is 10.1 Å². The van der Waals surface area contributed by atoms with E-state index >= 15 is 0 Å². The summed E-state index contributed by atoms with van der Waals surface area (Å²) in [5.41, 5.74) is 1.30. The molecule has 0 heterocycles. The number of nitrogens with one attached hydrogen (secondary N) is 1. The predicted molar refractivity (Wildman–Crippen MR) is 78.0 cm³/mol. The van der Waals surface area contributed by atoms with E-state index < -0.39 is 0 Å². The van der Waals surface area contributed by atoms with Crippen molar-refractivity contribution in [1.29, 1.82) is 0 Å². The minimum absolute atomic E-state index is 0.693. The van der Waals surface area contributed by atoms with Crippen LogP contribution in [0.4, 0.5) is 0 Å². The Kier molecular flexibility index (Phi) is 7.51. The summed E-state index contributed by atoms with van der Waals surface area (Å²) in [6.07, 6.45) is 3.63. The molecule has 0 radical (unpaired) electrons. The van der Waals surface area contributed by atoms with Crippen molar-refractivity contribution in [1.82, 2.24) is 5.32 Å². The molecular formula is C16H27NO. The van der Waals surface area contributed by atoms with Crippen molar-refractivity contribution in [3.8, 4) is 5.75 Å². The highest BCUT2D eigenvalue weighted by molar-refractivity contribution is 5.28. The van der Waals surface area contributed by atoms with Gasteiger partial charge in [-0.1, -0.05) is 45.7 Å². The normalized spacial score (nSPS) is 10.9. The smallest absolute Gasteiger partial charge is 0.119 e. The molecule has 0 bridgehead atoms. The number of benzene rings is 1. The van der Waals surface area contributed by atoms with Gasteiger partial charge in [0.25, 0.3) is 0 Å². The van der Waals surface area contributed by atoms with Gasteiger partial charge in [-0.15, -0.1) is 0 Å². The van der Waals surface area contributed by atoms with E-state index in [0.29, 0.717) is 5.92 Å². The first-order chi connectivity index (χ1) is 8.72. The van der Waals surface area contributed by atoms with E-state index in [-0.39, 0.29) is 0 Å². The third-order valence-electron chi connectivity index (χ3n) is 2.80. The van der Waals surface area contributed by atoms with Gasteiger partial charge in [0.2, 0.25) is 0 Å². The zero-order chi connectivity index (χ0) is 13.2. The minimum Gasteiger partial charge on any atom is -0.494 e. The molecule has 0 amide bonds. The summed E-state index contributed by atoms with van der Waals surface area (Å²) in [6.45, 7) is 9.46. The molecule has 0 saturated carbocycles. The summed E-state index contributed by atoms with van der Waals surface area (Å²) >= 11 is 0. The quantitative estimate of drug-likeness (QED) is 0.668. The molecule has 0 aliphatic carbocycles. The van der Waals surface area contributed by atoms with E-state index in [9.17, 15) is 0 Å². The Morgan fingerprint density at radius 1 is 1.22 bits per heavy atom. The molecule has 18 heavy (non-hydrogen) atoms. The van der Waals surface area contributed by atoms with E-state index in [0.717, 1.165) is 31.9 Å². The van der Waals surface area contributed by atoms with E-state index in [2.05, 4.69) is 44.3 Å². The summed E-state index contributed by atoms with van der Waals surface area (Å²) in [6, 6.07) is 8.39. The Labute approximate surface area is 112 Å². The predicted octanol–water partition coefficient (Wildman–Crippen LogP) is 4.00. The maximum Gasteiger partial charge on any atom is 0.119 e. The largest absolute Gasteiger partial charge is 0.494 e. The lowest BCUT2D eigenvalue weighted by molar-refractivity contribution is 0.306. The number of unbranched alkanes of at least 4 members (excludes halogenated alkanes) is 2. The van der Waals surface area contributed by atoms with Crippen LogP contribution in [0.15, 0.2) is 24.3 Å². The Balaban J connectivity index is 2.32. The molecule has 0 fully saturated rings. The average molecular weight is 249 g/mol. The first-order valence-electron chi connectivity index (χ1n) is 7.14. The summed E-state index contributed by atoms with van der Waals surface area (Å²) in [7, 11) is 0. The number of hydrogen-bond acceptors (Lipinski definition) is 2. The highest BCUT2D eigenvalue weighted by Gasteiger charge is 1.98. The van der Waals surface area contributed by atoms with Gasteiger partial charge in [0.1, 0.15) is 5.75 Å². The Hall–Kier alpha value is -1.02. The summed E-state index contributed by atoms with van der Waals surface area (Å²) < 4.78 is 5.75. The van der Waals surface area contributed by atoms with Crippen molar-refractivity contribution in [2.45, 2.75) is 46.6 Å². The second-order valence-corrected chi connectivity index (χ2v) is 5.23. The van der Waals surface area contributed by atoms with E-state index in [4.69, 9.17) is 4.74 Å². The molecule has 0 aromatic heterocycles. The fourth-order valence-electron chi connectivity index (χ4n) is 1.79. The highest BCUT2D eigenvalue weighted by Crippen LogP contribution is 2.14. The van der Waals surface area contributed by atoms with Crippen molar-refractivity contribution in [2.24, 2.45) is 5.92 Å². The maximum absolute atomic E-state index is 5.75. The summed E-state index contributed by atoms with van der Waals surface area (Å²) in [4.78, 5) is 0. The van der Waals surface area contributed by atoms with Gasteiger partial charge in [0, 0.05) is 6.54 Å². The summed E-state index contributed by atoms with van der Waals surface area (Å²) in [5, 5.41) is 3.45. The van der Waals surface area contributed by atoms with Crippen molar-refractivity contribution in [3.05, 3.63) is 29.8 Å². The molecule has 1 N–H and O–H groups in total. The number of rotatable bonds is 9. The standard InChI is InChI=1S/C16H27NO/c1-4-5-6-10-18-16-9-7-8-15(11-16)13-17-12-14(2)3/h7-9,11,14,17H,4-6,10,12-13H2,1-3H3. The molecule has 0 saturated heterocycles. The van der Waals surface area contributed by atoms with E-state index in [1.165, 1.54) is 18.4 Å². The first-order valence-corrected chi connectivity index (χ1v) is 7.14. The van der Waals surface area contributed by atoms with Gasteiger partial charge in [-0.05, 0) is 36.6 Å². The van der Waals surface area contributed by atoms with Gasteiger partial charge in [0.15, 0.2) is 0 Å². The van der Waals surface area contributed by atoms with Gasteiger partial charge in [-0.25, -0.2) is 0 Å².